The van der Waals surface area contributed by atoms with Crippen LogP contribution in [-0.2, 0) is 4.79 Å². The van der Waals surface area contributed by atoms with Crippen molar-refractivity contribution in [1.82, 2.24) is 20.7 Å². The maximum Gasteiger partial charge on any atom is 0.272 e. The third-order valence-electron chi connectivity index (χ3n) is 5.53. The largest absolute Gasteiger partial charge is 0.347 e. The molecule has 8 nitrogen and oxygen atoms in total. The van der Waals surface area contributed by atoms with Crippen molar-refractivity contribution in [2.24, 2.45) is 11.0 Å². The van der Waals surface area contributed by atoms with Gasteiger partial charge >= 0.3 is 0 Å². The number of rotatable bonds is 4. The number of carbonyl (C=O) groups is 2. The van der Waals surface area contributed by atoms with E-state index in [-0.39, 0.29) is 23.7 Å². The Kier molecular flexibility index (Phi) is 4.73. The highest BCUT2D eigenvalue weighted by Gasteiger charge is 2.44. The second kappa shape index (κ2) is 7.70. The van der Waals surface area contributed by atoms with Gasteiger partial charge in [-0.25, -0.2) is 5.43 Å². The van der Waals surface area contributed by atoms with Gasteiger partial charge in [0.2, 0.25) is 5.91 Å². The number of carbonyl (C=O) groups excluding carboxylic acids is 2. The highest BCUT2D eigenvalue weighted by molar-refractivity contribution is 6.16. The summed E-state index contributed by atoms with van der Waals surface area (Å²) in [6, 6.07) is 7.39. The summed E-state index contributed by atoms with van der Waals surface area (Å²) in [5.74, 6) is 5.79. The Morgan fingerprint density at radius 1 is 1.35 bits per heavy atom. The molecule has 3 heterocycles. The Bertz CT molecular complexity index is 1280. The number of amides is 2. The first-order valence-electron chi connectivity index (χ1n) is 10.0. The van der Waals surface area contributed by atoms with Crippen LogP contribution in [0.3, 0.4) is 0 Å². The lowest BCUT2D eigenvalue weighted by Crippen LogP contribution is -2.18. The second-order valence-corrected chi connectivity index (χ2v) is 7.62. The van der Waals surface area contributed by atoms with Crippen molar-refractivity contribution in [3.63, 3.8) is 0 Å². The van der Waals surface area contributed by atoms with Crippen LogP contribution in [0, 0.1) is 17.8 Å². The summed E-state index contributed by atoms with van der Waals surface area (Å²) in [6.07, 6.45) is 5.91. The third-order valence-corrected chi connectivity index (χ3v) is 5.53. The van der Waals surface area contributed by atoms with Crippen molar-refractivity contribution in [2.45, 2.75) is 12.3 Å². The fourth-order valence-corrected chi connectivity index (χ4v) is 3.96. The number of nitrogens with one attached hydrogen (secondary N) is 4. The molecule has 1 aliphatic heterocycles. The van der Waals surface area contributed by atoms with Gasteiger partial charge in [-0.1, -0.05) is 12.0 Å². The average molecular weight is 412 g/mol. The summed E-state index contributed by atoms with van der Waals surface area (Å²) in [7, 11) is 1.82. The van der Waals surface area contributed by atoms with Crippen LogP contribution in [0.5, 0.6) is 0 Å². The maximum atomic E-state index is 12.8. The number of H-pyrrole nitrogens is 1. The number of aromatic nitrogens is 2. The Morgan fingerprint density at radius 2 is 2.26 bits per heavy atom. The Balaban J connectivity index is 1.46. The third kappa shape index (κ3) is 3.56. The first-order valence-corrected chi connectivity index (χ1v) is 10.0. The topological polar surface area (TPSA) is 111 Å². The molecule has 2 atom stereocenters. The molecular weight excluding hydrogens is 392 g/mol. The van der Waals surface area contributed by atoms with Crippen LogP contribution in [0.2, 0.25) is 0 Å². The molecule has 0 bridgehead atoms. The number of anilines is 1. The van der Waals surface area contributed by atoms with Crippen molar-refractivity contribution < 1.29 is 9.59 Å². The van der Waals surface area contributed by atoms with Crippen LogP contribution in [0.4, 0.5) is 5.69 Å². The molecule has 2 aromatic heterocycles. The monoisotopic (exact) mass is 412 g/mol. The highest BCUT2D eigenvalue weighted by Crippen LogP contribution is 2.47. The molecule has 1 aromatic carbocycles. The SMILES string of the molecule is CNCC#Cc1[nH]c2cc(NC(=O)C3CC3c3cccnc3)cc3c2c1C=NNC3=O. The predicted molar refractivity (Wildman–Crippen MR) is 118 cm³/mol. The van der Waals surface area contributed by atoms with Crippen molar-refractivity contribution in [1.29, 1.82) is 0 Å². The molecule has 8 heteroatoms. The van der Waals surface area contributed by atoms with Gasteiger partial charge in [-0.3, -0.25) is 14.6 Å². The fraction of sp³-hybridized carbons (Fsp3) is 0.217. The number of hydrazone groups is 1. The van der Waals surface area contributed by atoms with Crippen LogP contribution in [0.1, 0.15) is 39.5 Å². The molecule has 2 unspecified atom stereocenters. The summed E-state index contributed by atoms with van der Waals surface area (Å²) in [5, 5.41) is 10.7. The number of pyridine rings is 1. The predicted octanol–water partition coefficient (Wildman–Crippen LogP) is 1.95. The van der Waals surface area contributed by atoms with Crippen LogP contribution in [0.25, 0.3) is 10.9 Å². The number of nitrogens with zero attached hydrogens (tertiary/aromatic N) is 2. The second-order valence-electron chi connectivity index (χ2n) is 7.62. The van der Waals surface area contributed by atoms with E-state index in [0.29, 0.717) is 23.5 Å². The molecule has 1 aliphatic carbocycles. The molecular formula is C23H20N6O2. The molecule has 0 saturated heterocycles. The Labute approximate surface area is 178 Å². The van der Waals surface area contributed by atoms with E-state index in [2.05, 4.69) is 43.0 Å². The van der Waals surface area contributed by atoms with Crippen LogP contribution in [-0.4, -0.2) is 41.6 Å². The summed E-state index contributed by atoms with van der Waals surface area (Å²) in [4.78, 5) is 32.8. The van der Waals surface area contributed by atoms with E-state index < -0.39 is 0 Å². The minimum Gasteiger partial charge on any atom is -0.347 e. The maximum absolute atomic E-state index is 12.8. The molecule has 1 saturated carbocycles. The highest BCUT2D eigenvalue weighted by atomic mass is 16.2. The van der Waals surface area contributed by atoms with E-state index in [9.17, 15) is 9.59 Å². The molecule has 2 amide bonds. The Hall–Kier alpha value is -3.96. The van der Waals surface area contributed by atoms with Gasteiger partial charge in [-0.05, 0) is 49.1 Å². The number of hydrogen-bond acceptors (Lipinski definition) is 5. The fourth-order valence-electron chi connectivity index (χ4n) is 3.96. The number of aromatic amines is 1. The van der Waals surface area contributed by atoms with Crippen molar-refractivity contribution in [2.75, 3.05) is 18.9 Å². The molecule has 31 heavy (non-hydrogen) atoms. The quantitative estimate of drug-likeness (QED) is 0.491. The zero-order valence-corrected chi connectivity index (χ0v) is 16.8. The Morgan fingerprint density at radius 3 is 3.06 bits per heavy atom. The van der Waals surface area contributed by atoms with Crippen molar-refractivity contribution >= 4 is 34.6 Å². The van der Waals surface area contributed by atoms with E-state index in [1.54, 1.807) is 24.7 Å². The smallest absolute Gasteiger partial charge is 0.272 e. The first kappa shape index (κ1) is 19.0. The van der Waals surface area contributed by atoms with Crippen LogP contribution >= 0.6 is 0 Å². The zero-order chi connectivity index (χ0) is 21.4. The summed E-state index contributed by atoms with van der Waals surface area (Å²) in [5.41, 5.74) is 6.73. The summed E-state index contributed by atoms with van der Waals surface area (Å²) < 4.78 is 0. The van der Waals surface area contributed by atoms with Gasteiger partial charge in [0.25, 0.3) is 5.91 Å². The van der Waals surface area contributed by atoms with Gasteiger partial charge in [0.05, 0.1) is 24.0 Å². The molecule has 0 spiro atoms. The minimum atomic E-state index is -0.329. The van der Waals surface area contributed by atoms with Crippen molar-refractivity contribution in [3.05, 3.63) is 59.0 Å². The van der Waals surface area contributed by atoms with Crippen LogP contribution in [0.15, 0.2) is 41.8 Å². The summed E-state index contributed by atoms with van der Waals surface area (Å²) >= 11 is 0. The molecule has 2 aliphatic rings. The molecule has 1 fully saturated rings. The average Bonchev–Trinajstić information content (AvgIpc) is 3.53. The molecule has 154 valence electrons. The van der Waals surface area contributed by atoms with Gasteiger partial charge in [-0.2, -0.15) is 5.10 Å². The minimum absolute atomic E-state index is 0.0634. The van der Waals surface area contributed by atoms with Gasteiger partial charge in [-0.15, -0.1) is 0 Å². The first-order chi connectivity index (χ1) is 15.2. The standard InChI is InChI=1S/C23H20N6O2/c1-24-6-3-5-19-18-12-26-29-23(31)17-8-14(9-20(28-19)21(17)18)27-22(30)16-10-15(16)13-4-2-7-25-11-13/h2,4,7-9,11-12,15-16,24,28H,6,10H2,1H3,(H,27,30)(H,29,31). The lowest BCUT2D eigenvalue weighted by Gasteiger charge is -2.08. The van der Waals surface area contributed by atoms with E-state index >= 15 is 0 Å². The van der Waals surface area contributed by atoms with Gasteiger partial charge in [0.15, 0.2) is 0 Å². The zero-order valence-electron chi connectivity index (χ0n) is 16.8. The number of hydrogen-bond donors (Lipinski definition) is 4. The van der Waals surface area contributed by atoms with Gasteiger partial charge in [0.1, 0.15) is 0 Å². The van der Waals surface area contributed by atoms with E-state index in [1.807, 2.05) is 25.2 Å². The van der Waals surface area contributed by atoms with Crippen molar-refractivity contribution in [3.8, 4) is 11.8 Å². The molecule has 3 aromatic rings. The summed E-state index contributed by atoms with van der Waals surface area (Å²) in [6.45, 7) is 0.538. The lowest BCUT2D eigenvalue weighted by molar-refractivity contribution is -0.117. The lowest BCUT2D eigenvalue weighted by atomic mass is 10.0. The molecule has 0 radical (unpaired) electrons. The molecule has 4 N–H and O–H groups in total. The van der Waals surface area contributed by atoms with E-state index in [0.717, 1.165) is 28.5 Å². The van der Waals surface area contributed by atoms with Gasteiger partial charge < -0.3 is 15.6 Å². The normalized spacial score (nSPS) is 18.7. The number of benzene rings is 1. The van der Waals surface area contributed by atoms with Gasteiger partial charge in [0, 0.05) is 40.5 Å². The van der Waals surface area contributed by atoms with E-state index in [4.69, 9.17) is 0 Å². The van der Waals surface area contributed by atoms with Crippen LogP contribution < -0.4 is 16.1 Å². The van der Waals surface area contributed by atoms with E-state index in [1.165, 1.54) is 0 Å². The molecule has 5 rings (SSSR count).